The zero-order valence-corrected chi connectivity index (χ0v) is 14.2. The third-order valence-electron chi connectivity index (χ3n) is 3.37. The lowest BCUT2D eigenvalue weighted by molar-refractivity contribution is -0.147. The quantitative estimate of drug-likeness (QED) is 0.831. The lowest BCUT2D eigenvalue weighted by atomic mass is 10.1. The van der Waals surface area contributed by atoms with Gasteiger partial charge < -0.3 is 9.88 Å². The molecule has 130 valence electrons. The molecule has 0 saturated heterocycles. The summed E-state index contributed by atoms with van der Waals surface area (Å²) in [6.07, 6.45) is -3.68. The molecule has 0 fully saturated rings. The highest BCUT2D eigenvalue weighted by Crippen LogP contribution is 2.31. The number of anilines is 1. The molecule has 0 unspecified atom stereocenters. The molecule has 0 aliphatic heterocycles. The lowest BCUT2D eigenvalue weighted by Gasteiger charge is -2.12. The molecular formula is C15H17F3N4OS. The van der Waals surface area contributed by atoms with Crippen LogP contribution in [0.4, 0.5) is 18.9 Å². The van der Waals surface area contributed by atoms with Crippen LogP contribution in [0.15, 0.2) is 29.4 Å². The van der Waals surface area contributed by atoms with E-state index in [1.807, 2.05) is 19.1 Å². The molecule has 0 bridgehead atoms. The Morgan fingerprint density at radius 1 is 1.29 bits per heavy atom. The van der Waals surface area contributed by atoms with Crippen LogP contribution in [0.5, 0.6) is 0 Å². The maximum Gasteiger partial charge on any atom is 0.451 e. The van der Waals surface area contributed by atoms with Gasteiger partial charge in [-0.05, 0) is 31.0 Å². The van der Waals surface area contributed by atoms with E-state index in [0.29, 0.717) is 5.69 Å². The molecule has 1 aromatic heterocycles. The molecule has 0 saturated carbocycles. The molecule has 1 atom stereocenters. The van der Waals surface area contributed by atoms with E-state index in [0.717, 1.165) is 28.3 Å². The molecule has 2 aromatic rings. The van der Waals surface area contributed by atoms with Gasteiger partial charge in [0, 0.05) is 12.7 Å². The predicted octanol–water partition coefficient (Wildman–Crippen LogP) is 3.52. The minimum absolute atomic E-state index is 0.0336. The normalized spacial score (nSPS) is 12.9. The first-order valence-corrected chi connectivity index (χ1v) is 8.13. The van der Waals surface area contributed by atoms with Crippen molar-refractivity contribution in [2.24, 2.45) is 7.05 Å². The van der Waals surface area contributed by atoms with Crippen LogP contribution in [0.25, 0.3) is 0 Å². The highest BCUT2D eigenvalue weighted by atomic mass is 32.2. The summed E-state index contributed by atoms with van der Waals surface area (Å²) in [4.78, 5) is 12.2. The fourth-order valence-corrected chi connectivity index (χ4v) is 2.76. The number of thioether (sulfide) groups is 1. The van der Waals surface area contributed by atoms with Gasteiger partial charge in [0.05, 0.1) is 5.25 Å². The van der Waals surface area contributed by atoms with Crippen molar-refractivity contribution in [1.82, 2.24) is 14.8 Å². The number of aryl methyl sites for hydroxylation is 1. The zero-order valence-electron chi connectivity index (χ0n) is 13.4. The first-order valence-electron chi connectivity index (χ1n) is 7.25. The predicted molar refractivity (Wildman–Crippen MR) is 85.8 cm³/mol. The molecule has 0 aliphatic carbocycles. The standard InChI is InChI=1S/C15H17F3N4OS/c1-4-10-5-7-11(8-6-10)19-12(23)9(2)24-14-21-20-13(22(14)3)15(16,17)18/h5-9H,4H2,1-3H3,(H,19,23)/t9-/m0/s1. The maximum atomic E-state index is 12.7. The van der Waals surface area contributed by atoms with Crippen LogP contribution in [0.2, 0.25) is 0 Å². The van der Waals surface area contributed by atoms with E-state index >= 15 is 0 Å². The van der Waals surface area contributed by atoms with Crippen molar-refractivity contribution in [2.45, 2.75) is 36.9 Å². The number of halogens is 3. The maximum absolute atomic E-state index is 12.7. The monoisotopic (exact) mass is 358 g/mol. The molecule has 1 N–H and O–H groups in total. The third-order valence-corrected chi connectivity index (χ3v) is 4.50. The van der Waals surface area contributed by atoms with Gasteiger partial charge in [0.2, 0.25) is 11.7 Å². The Kier molecular flexibility index (Phi) is 5.53. The van der Waals surface area contributed by atoms with E-state index in [9.17, 15) is 18.0 Å². The second kappa shape index (κ2) is 7.25. The fraction of sp³-hybridized carbons (Fsp3) is 0.400. The minimum Gasteiger partial charge on any atom is -0.325 e. The number of carbonyl (C=O) groups excluding carboxylic acids is 1. The Morgan fingerprint density at radius 3 is 2.42 bits per heavy atom. The Morgan fingerprint density at radius 2 is 1.92 bits per heavy atom. The number of hydrogen-bond donors (Lipinski definition) is 1. The summed E-state index contributed by atoms with van der Waals surface area (Å²) in [5, 5.41) is 8.79. The number of benzene rings is 1. The third kappa shape index (κ3) is 4.28. The van der Waals surface area contributed by atoms with Gasteiger partial charge >= 0.3 is 6.18 Å². The lowest BCUT2D eigenvalue weighted by Crippen LogP contribution is -2.23. The van der Waals surface area contributed by atoms with Gasteiger partial charge in [0.25, 0.3) is 0 Å². The van der Waals surface area contributed by atoms with Crippen LogP contribution >= 0.6 is 11.8 Å². The SMILES string of the molecule is CCc1ccc(NC(=O)[C@H](C)Sc2nnc(C(F)(F)F)n2C)cc1. The number of amides is 1. The Balaban J connectivity index is 2.02. The number of nitrogens with one attached hydrogen (secondary N) is 1. The molecule has 1 heterocycles. The molecular weight excluding hydrogens is 341 g/mol. The summed E-state index contributed by atoms with van der Waals surface area (Å²) in [5.41, 5.74) is 1.78. The van der Waals surface area contributed by atoms with Gasteiger partial charge in [0.1, 0.15) is 0 Å². The first kappa shape index (κ1) is 18.3. The summed E-state index contributed by atoms with van der Waals surface area (Å²) >= 11 is 0.919. The molecule has 0 aliphatic rings. The van der Waals surface area contributed by atoms with E-state index < -0.39 is 17.3 Å². The van der Waals surface area contributed by atoms with Crippen molar-refractivity contribution < 1.29 is 18.0 Å². The average molecular weight is 358 g/mol. The zero-order chi connectivity index (χ0) is 17.9. The van der Waals surface area contributed by atoms with Gasteiger partial charge in [-0.15, -0.1) is 10.2 Å². The smallest absolute Gasteiger partial charge is 0.325 e. The average Bonchev–Trinajstić information content (AvgIpc) is 2.89. The molecule has 9 heteroatoms. The van der Waals surface area contributed by atoms with E-state index in [1.165, 1.54) is 7.05 Å². The Hall–Kier alpha value is -2.03. The molecule has 2 rings (SSSR count). The molecule has 0 spiro atoms. The highest BCUT2D eigenvalue weighted by molar-refractivity contribution is 8.00. The number of carbonyl (C=O) groups is 1. The summed E-state index contributed by atoms with van der Waals surface area (Å²) in [6.45, 7) is 3.63. The minimum atomic E-state index is -4.58. The molecule has 24 heavy (non-hydrogen) atoms. The Bertz CT molecular complexity index is 712. The second-order valence-corrected chi connectivity index (χ2v) is 6.47. The molecule has 0 radical (unpaired) electrons. The van der Waals surface area contributed by atoms with Gasteiger partial charge in [-0.3, -0.25) is 4.79 Å². The van der Waals surface area contributed by atoms with Crippen LogP contribution in [0.3, 0.4) is 0 Å². The van der Waals surface area contributed by atoms with Crippen molar-refractivity contribution in [1.29, 1.82) is 0 Å². The van der Waals surface area contributed by atoms with Crippen molar-refractivity contribution in [2.75, 3.05) is 5.32 Å². The van der Waals surface area contributed by atoms with Gasteiger partial charge in [-0.1, -0.05) is 30.8 Å². The second-order valence-electron chi connectivity index (χ2n) is 5.16. The van der Waals surface area contributed by atoms with Crippen molar-refractivity contribution in [3.05, 3.63) is 35.7 Å². The van der Waals surface area contributed by atoms with Crippen LogP contribution in [-0.2, 0) is 24.4 Å². The van der Waals surface area contributed by atoms with Crippen LogP contribution in [0, 0.1) is 0 Å². The summed E-state index contributed by atoms with van der Waals surface area (Å²) in [6, 6.07) is 7.40. The first-order chi connectivity index (χ1) is 11.2. The van der Waals surface area contributed by atoms with E-state index in [2.05, 4.69) is 15.5 Å². The topological polar surface area (TPSA) is 59.8 Å². The van der Waals surface area contributed by atoms with E-state index in [1.54, 1.807) is 19.1 Å². The fourth-order valence-electron chi connectivity index (χ4n) is 1.94. The van der Waals surface area contributed by atoms with E-state index in [-0.39, 0.29) is 11.1 Å². The van der Waals surface area contributed by atoms with Crippen molar-refractivity contribution >= 4 is 23.4 Å². The number of hydrogen-bond acceptors (Lipinski definition) is 4. The Labute approximate surface area is 141 Å². The number of nitrogens with zero attached hydrogens (tertiary/aromatic N) is 3. The van der Waals surface area contributed by atoms with Crippen molar-refractivity contribution in [3.63, 3.8) is 0 Å². The molecule has 1 amide bonds. The highest BCUT2D eigenvalue weighted by Gasteiger charge is 2.37. The molecule has 1 aromatic carbocycles. The largest absolute Gasteiger partial charge is 0.451 e. The molecule has 5 nitrogen and oxygen atoms in total. The summed E-state index contributed by atoms with van der Waals surface area (Å²) < 4.78 is 38.9. The number of aromatic nitrogens is 3. The van der Waals surface area contributed by atoms with Crippen LogP contribution in [-0.4, -0.2) is 25.9 Å². The summed E-state index contributed by atoms with van der Waals surface area (Å²) in [7, 11) is 1.22. The summed E-state index contributed by atoms with van der Waals surface area (Å²) in [5.74, 6) is -1.41. The van der Waals surface area contributed by atoms with Gasteiger partial charge in [-0.2, -0.15) is 13.2 Å². The van der Waals surface area contributed by atoms with Crippen molar-refractivity contribution in [3.8, 4) is 0 Å². The number of rotatable bonds is 5. The van der Waals surface area contributed by atoms with Crippen LogP contribution < -0.4 is 5.32 Å². The van der Waals surface area contributed by atoms with Crippen LogP contribution in [0.1, 0.15) is 25.2 Å². The van der Waals surface area contributed by atoms with E-state index in [4.69, 9.17) is 0 Å². The van der Waals surface area contributed by atoms with Gasteiger partial charge in [-0.25, -0.2) is 0 Å². The number of alkyl halides is 3. The van der Waals surface area contributed by atoms with Gasteiger partial charge in [0.15, 0.2) is 5.16 Å².